The van der Waals surface area contributed by atoms with Crippen molar-refractivity contribution in [3.63, 3.8) is 0 Å². The number of carbonyl (C=O) groups excluding carboxylic acids is 1. The molecule has 0 aromatic carbocycles. The van der Waals surface area contributed by atoms with Gasteiger partial charge in [0.1, 0.15) is 0 Å². The van der Waals surface area contributed by atoms with Crippen LogP contribution in [0.2, 0.25) is 0 Å². The van der Waals surface area contributed by atoms with Crippen LogP contribution in [-0.2, 0) is 16.0 Å². The van der Waals surface area contributed by atoms with Crippen LogP contribution in [0, 0.1) is 5.92 Å². The van der Waals surface area contributed by atoms with Crippen molar-refractivity contribution in [3.05, 3.63) is 22.4 Å². The van der Waals surface area contributed by atoms with Crippen LogP contribution in [0.5, 0.6) is 0 Å². The summed E-state index contributed by atoms with van der Waals surface area (Å²) in [5, 5.41) is 10.7. The number of hydrogen-bond acceptors (Lipinski definition) is 3. The molecule has 4 nitrogen and oxygen atoms in total. The second-order valence-electron chi connectivity index (χ2n) is 3.91. The molecule has 0 spiro atoms. The third kappa shape index (κ3) is 2.41. The SMILES string of the molecule is O=C(O)C1CN(C(=O)CCc2cccs2)C1. The van der Waals surface area contributed by atoms with Gasteiger partial charge in [0.05, 0.1) is 5.92 Å². The Balaban J connectivity index is 1.72. The zero-order valence-corrected chi connectivity index (χ0v) is 9.57. The normalized spacial score (nSPS) is 15.9. The molecule has 1 N–H and O–H groups in total. The van der Waals surface area contributed by atoms with E-state index in [9.17, 15) is 9.59 Å². The lowest BCUT2D eigenvalue weighted by atomic mass is 10.00. The van der Waals surface area contributed by atoms with Gasteiger partial charge in [-0.3, -0.25) is 9.59 Å². The molecule has 1 fully saturated rings. The molecule has 0 bridgehead atoms. The Morgan fingerprint density at radius 3 is 2.81 bits per heavy atom. The Kier molecular flexibility index (Phi) is 3.24. The summed E-state index contributed by atoms with van der Waals surface area (Å²) in [7, 11) is 0. The standard InChI is InChI=1S/C11H13NO3S/c13-10(4-3-9-2-1-5-16-9)12-6-8(7-12)11(14)15/h1-2,5,8H,3-4,6-7H2,(H,14,15). The molecule has 1 aromatic heterocycles. The highest BCUT2D eigenvalue weighted by Crippen LogP contribution is 2.18. The average Bonchev–Trinajstić information content (AvgIpc) is 2.63. The Hall–Kier alpha value is -1.36. The smallest absolute Gasteiger partial charge is 0.310 e. The Labute approximate surface area is 97.5 Å². The minimum Gasteiger partial charge on any atom is -0.481 e. The lowest BCUT2D eigenvalue weighted by molar-refractivity contribution is -0.152. The van der Waals surface area contributed by atoms with Gasteiger partial charge in [0.25, 0.3) is 0 Å². The van der Waals surface area contributed by atoms with Crippen LogP contribution >= 0.6 is 11.3 Å². The molecule has 86 valence electrons. The summed E-state index contributed by atoms with van der Waals surface area (Å²) in [6.07, 6.45) is 1.23. The maximum atomic E-state index is 11.6. The third-order valence-electron chi connectivity index (χ3n) is 2.75. The Morgan fingerprint density at radius 1 is 1.50 bits per heavy atom. The summed E-state index contributed by atoms with van der Waals surface area (Å²) in [5.74, 6) is -1.10. The average molecular weight is 239 g/mol. The van der Waals surface area contributed by atoms with Crippen molar-refractivity contribution in [1.82, 2.24) is 4.90 Å². The minimum absolute atomic E-state index is 0.0610. The van der Waals surface area contributed by atoms with Crippen molar-refractivity contribution < 1.29 is 14.7 Å². The molecule has 5 heteroatoms. The van der Waals surface area contributed by atoms with Crippen LogP contribution in [0.3, 0.4) is 0 Å². The Morgan fingerprint density at radius 2 is 2.25 bits per heavy atom. The van der Waals surface area contributed by atoms with E-state index < -0.39 is 5.97 Å². The molecule has 0 unspecified atom stereocenters. The van der Waals surface area contributed by atoms with Crippen LogP contribution in [0.1, 0.15) is 11.3 Å². The summed E-state index contributed by atoms with van der Waals surface area (Å²) in [4.78, 5) is 25.0. The highest BCUT2D eigenvalue weighted by atomic mass is 32.1. The van der Waals surface area contributed by atoms with E-state index in [2.05, 4.69) is 0 Å². The second-order valence-corrected chi connectivity index (χ2v) is 4.95. The fraction of sp³-hybridized carbons (Fsp3) is 0.455. The number of hydrogen-bond donors (Lipinski definition) is 1. The fourth-order valence-electron chi connectivity index (χ4n) is 1.68. The molecule has 0 radical (unpaired) electrons. The van der Waals surface area contributed by atoms with Gasteiger partial charge in [-0.15, -0.1) is 11.3 Å². The molecule has 0 aliphatic carbocycles. The van der Waals surface area contributed by atoms with Crippen LogP contribution in [0.4, 0.5) is 0 Å². The van der Waals surface area contributed by atoms with Gasteiger partial charge < -0.3 is 10.0 Å². The molecule has 16 heavy (non-hydrogen) atoms. The predicted octanol–water partition coefficient (Wildman–Crippen LogP) is 1.22. The van der Waals surface area contributed by atoms with E-state index in [4.69, 9.17) is 5.11 Å². The van der Waals surface area contributed by atoms with E-state index in [1.165, 1.54) is 4.88 Å². The largest absolute Gasteiger partial charge is 0.481 e. The molecular weight excluding hydrogens is 226 g/mol. The van der Waals surface area contributed by atoms with Crippen LogP contribution < -0.4 is 0 Å². The minimum atomic E-state index is -0.803. The van der Waals surface area contributed by atoms with E-state index in [1.54, 1.807) is 16.2 Å². The number of likely N-dealkylation sites (tertiary alicyclic amines) is 1. The first-order valence-electron chi connectivity index (χ1n) is 5.20. The lowest BCUT2D eigenvalue weighted by Gasteiger charge is -2.36. The molecule has 1 aliphatic rings. The first-order chi connectivity index (χ1) is 7.66. The fourth-order valence-corrected chi connectivity index (χ4v) is 2.39. The van der Waals surface area contributed by atoms with Gasteiger partial charge in [-0.2, -0.15) is 0 Å². The van der Waals surface area contributed by atoms with E-state index in [0.29, 0.717) is 19.5 Å². The van der Waals surface area contributed by atoms with Crippen molar-refractivity contribution in [3.8, 4) is 0 Å². The van der Waals surface area contributed by atoms with Crippen molar-refractivity contribution in [1.29, 1.82) is 0 Å². The lowest BCUT2D eigenvalue weighted by Crippen LogP contribution is -2.53. The van der Waals surface area contributed by atoms with E-state index in [0.717, 1.165) is 6.42 Å². The van der Waals surface area contributed by atoms with E-state index in [-0.39, 0.29) is 11.8 Å². The number of rotatable bonds is 4. The molecule has 1 aliphatic heterocycles. The Bertz CT molecular complexity index is 382. The van der Waals surface area contributed by atoms with Crippen LogP contribution in [-0.4, -0.2) is 35.0 Å². The number of carboxylic acid groups (broad SMARTS) is 1. The number of thiophene rings is 1. The molecule has 0 atom stereocenters. The zero-order valence-electron chi connectivity index (χ0n) is 8.76. The van der Waals surface area contributed by atoms with Gasteiger partial charge in [-0.25, -0.2) is 0 Å². The van der Waals surface area contributed by atoms with Gasteiger partial charge in [-0.1, -0.05) is 6.07 Å². The number of carbonyl (C=O) groups is 2. The predicted molar refractivity (Wildman–Crippen MR) is 60.3 cm³/mol. The van der Waals surface area contributed by atoms with Crippen molar-refractivity contribution in [2.45, 2.75) is 12.8 Å². The summed E-state index contributed by atoms with van der Waals surface area (Å²) >= 11 is 1.64. The molecule has 0 saturated carbocycles. The molecule has 1 amide bonds. The number of aliphatic carboxylic acids is 1. The third-order valence-corrected chi connectivity index (χ3v) is 3.69. The summed E-state index contributed by atoms with van der Waals surface area (Å²) < 4.78 is 0. The van der Waals surface area contributed by atoms with E-state index in [1.807, 2.05) is 17.5 Å². The topological polar surface area (TPSA) is 57.6 Å². The zero-order chi connectivity index (χ0) is 11.5. The second kappa shape index (κ2) is 4.65. The van der Waals surface area contributed by atoms with Gasteiger partial charge >= 0.3 is 5.97 Å². The summed E-state index contributed by atoms with van der Waals surface area (Å²) in [5.41, 5.74) is 0. The summed E-state index contributed by atoms with van der Waals surface area (Å²) in [6, 6.07) is 3.97. The first-order valence-corrected chi connectivity index (χ1v) is 6.08. The number of nitrogens with zero attached hydrogens (tertiary/aromatic N) is 1. The monoisotopic (exact) mass is 239 g/mol. The van der Waals surface area contributed by atoms with Crippen molar-refractivity contribution in [2.24, 2.45) is 5.92 Å². The maximum absolute atomic E-state index is 11.6. The van der Waals surface area contributed by atoms with Crippen LogP contribution in [0.15, 0.2) is 17.5 Å². The summed E-state index contributed by atoms with van der Waals surface area (Å²) in [6.45, 7) is 0.747. The van der Waals surface area contributed by atoms with Crippen LogP contribution in [0.25, 0.3) is 0 Å². The van der Waals surface area contributed by atoms with Gasteiger partial charge in [0.2, 0.25) is 5.91 Å². The first kappa shape index (κ1) is 11.1. The van der Waals surface area contributed by atoms with Gasteiger partial charge in [-0.05, 0) is 17.9 Å². The number of amides is 1. The molecular formula is C11H13NO3S. The van der Waals surface area contributed by atoms with Crippen molar-refractivity contribution >= 4 is 23.2 Å². The molecule has 2 rings (SSSR count). The van der Waals surface area contributed by atoms with E-state index >= 15 is 0 Å². The highest BCUT2D eigenvalue weighted by Gasteiger charge is 2.34. The quantitative estimate of drug-likeness (QED) is 0.859. The van der Waals surface area contributed by atoms with Gasteiger partial charge in [0.15, 0.2) is 0 Å². The molecule has 1 saturated heterocycles. The maximum Gasteiger partial charge on any atom is 0.310 e. The molecule has 2 heterocycles. The number of carboxylic acids is 1. The van der Waals surface area contributed by atoms with Crippen molar-refractivity contribution in [2.75, 3.05) is 13.1 Å². The van der Waals surface area contributed by atoms with Gasteiger partial charge in [0, 0.05) is 24.4 Å². The molecule has 1 aromatic rings. The highest BCUT2D eigenvalue weighted by molar-refractivity contribution is 7.09. The number of aryl methyl sites for hydroxylation is 1.